The van der Waals surface area contributed by atoms with Gasteiger partial charge in [0.25, 0.3) is 5.91 Å². The summed E-state index contributed by atoms with van der Waals surface area (Å²) in [6, 6.07) is 6.54. The van der Waals surface area contributed by atoms with Crippen molar-refractivity contribution < 1.29 is 28.2 Å². The van der Waals surface area contributed by atoms with E-state index < -0.39 is 24.1 Å². The number of ether oxygens (including phenoxy) is 3. The van der Waals surface area contributed by atoms with E-state index in [9.17, 15) is 14.4 Å². The monoisotopic (exact) mass is 359 g/mol. The standard InChI is InChI=1S/C18H17NO7/c1-10-5-16(21)26-11(2)17(10)18(22)23-8-15(20)19-7-12-3-4-13-14(6-12)25-9-24-13/h3-6H,7-9H2,1-2H3,(H,19,20). The average Bonchev–Trinajstić information content (AvgIpc) is 3.05. The van der Waals surface area contributed by atoms with Crippen molar-refractivity contribution in [2.45, 2.75) is 20.4 Å². The Hall–Kier alpha value is -3.29. The SMILES string of the molecule is Cc1cc(=O)oc(C)c1C(=O)OCC(=O)NCc1ccc2c(c1)OCO2. The molecule has 1 aliphatic heterocycles. The molecule has 3 rings (SSSR count). The molecule has 0 bridgehead atoms. The van der Waals surface area contributed by atoms with Gasteiger partial charge >= 0.3 is 11.6 Å². The Morgan fingerprint density at radius 3 is 2.69 bits per heavy atom. The fourth-order valence-electron chi connectivity index (χ4n) is 2.57. The molecule has 26 heavy (non-hydrogen) atoms. The Balaban J connectivity index is 1.53. The van der Waals surface area contributed by atoms with Crippen LogP contribution in [0.4, 0.5) is 0 Å². The van der Waals surface area contributed by atoms with Crippen LogP contribution >= 0.6 is 0 Å². The number of aryl methyl sites for hydroxylation is 2. The van der Waals surface area contributed by atoms with E-state index in [1.54, 1.807) is 25.1 Å². The average molecular weight is 359 g/mol. The first-order valence-corrected chi connectivity index (χ1v) is 7.88. The maximum Gasteiger partial charge on any atom is 0.342 e. The molecule has 0 fully saturated rings. The van der Waals surface area contributed by atoms with Crippen molar-refractivity contribution in [2.75, 3.05) is 13.4 Å². The summed E-state index contributed by atoms with van der Waals surface area (Å²) in [6.45, 7) is 3.08. The van der Waals surface area contributed by atoms with E-state index in [1.165, 1.54) is 13.0 Å². The van der Waals surface area contributed by atoms with Gasteiger partial charge in [0.15, 0.2) is 18.1 Å². The van der Waals surface area contributed by atoms with Crippen molar-refractivity contribution in [3.8, 4) is 11.5 Å². The van der Waals surface area contributed by atoms with Crippen LogP contribution in [0, 0.1) is 13.8 Å². The molecule has 0 aliphatic carbocycles. The summed E-state index contributed by atoms with van der Waals surface area (Å²) in [7, 11) is 0. The molecule has 0 radical (unpaired) electrons. The van der Waals surface area contributed by atoms with Crippen LogP contribution < -0.4 is 20.4 Å². The van der Waals surface area contributed by atoms with Gasteiger partial charge in [-0.2, -0.15) is 0 Å². The van der Waals surface area contributed by atoms with E-state index in [4.69, 9.17) is 18.6 Å². The number of fused-ring (bicyclic) bond motifs is 1. The molecule has 136 valence electrons. The minimum atomic E-state index is -0.720. The number of carbonyl (C=O) groups is 2. The van der Waals surface area contributed by atoms with Crippen molar-refractivity contribution in [1.29, 1.82) is 0 Å². The highest BCUT2D eigenvalue weighted by Crippen LogP contribution is 2.32. The highest BCUT2D eigenvalue weighted by molar-refractivity contribution is 5.93. The van der Waals surface area contributed by atoms with Crippen molar-refractivity contribution in [2.24, 2.45) is 0 Å². The molecule has 1 amide bonds. The Labute approximate surface area is 148 Å². The third kappa shape index (κ3) is 3.85. The minimum absolute atomic E-state index is 0.146. The number of hydrogen-bond acceptors (Lipinski definition) is 7. The lowest BCUT2D eigenvalue weighted by Gasteiger charge is -2.09. The van der Waals surface area contributed by atoms with Crippen LogP contribution in [0.2, 0.25) is 0 Å². The predicted octanol–water partition coefficient (Wildman–Crippen LogP) is 1.46. The van der Waals surface area contributed by atoms with E-state index >= 15 is 0 Å². The minimum Gasteiger partial charge on any atom is -0.454 e. The van der Waals surface area contributed by atoms with E-state index in [2.05, 4.69) is 5.32 Å². The van der Waals surface area contributed by atoms with Crippen molar-refractivity contribution in [1.82, 2.24) is 5.32 Å². The third-order valence-corrected chi connectivity index (χ3v) is 3.80. The second kappa shape index (κ2) is 7.30. The van der Waals surface area contributed by atoms with Gasteiger partial charge < -0.3 is 23.9 Å². The molecule has 2 aromatic rings. The lowest BCUT2D eigenvalue weighted by Crippen LogP contribution is -2.28. The van der Waals surface area contributed by atoms with Crippen LogP contribution in [0.5, 0.6) is 11.5 Å². The predicted molar refractivity (Wildman–Crippen MR) is 89.1 cm³/mol. The van der Waals surface area contributed by atoms with E-state index in [1.807, 2.05) is 0 Å². The van der Waals surface area contributed by atoms with E-state index in [0.717, 1.165) is 5.56 Å². The molecule has 0 spiro atoms. The molecule has 1 aliphatic rings. The largest absolute Gasteiger partial charge is 0.454 e. The van der Waals surface area contributed by atoms with Gasteiger partial charge in [-0.1, -0.05) is 6.07 Å². The van der Waals surface area contributed by atoms with Gasteiger partial charge in [0.1, 0.15) is 11.3 Å². The Morgan fingerprint density at radius 1 is 1.15 bits per heavy atom. The summed E-state index contributed by atoms with van der Waals surface area (Å²) in [5.41, 5.74) is 0.862. The van der Waals surface area contributed by atoms with Crippen molar-refractivity contribution in [3.63, 3.8) is 0 Å². The van der Waals surface area contributed by atoms with E-state index in [0.29, 0.717) is 17.1 Å². The summed E-state index contributed by atoms with van der Waals surface area (Å²) in [6.07, 6.45) is 0. The van der Waals surface area contributed by atoms with Crippen LogP contribution in [-0.4, -0.2) is 25.3 Å². The quantitative estimate of drug-likeness (QED) is 0.806. The lowest BCUT2D eigenvalue weighted by atomic mass is 10.1. The van der Waals surface area contributed by atoms with Crippen molar-refractivity contribution >= 4 is 11.9 Å². The first-order valence-electron chi connectivity index (χ1n) is 7.88. The molecule has 0 saturated carbocycles. The van der Waals surface area contributed by atoms with Crippen LogP contribution in [0.15, 0.2) is 33.5 Å². The van der Waals surface area contributed by atoms with Gasteiger partial charge in [0.05, 0.1) is 0 Å². The fourth-order valence-corrected chi connectivity index (χ4v) is 2.57. The molecule has 1 aromatic carbocycles. The molecule has 0 saturated heterocycles. The molecular weight excluding hydrogens is 342 g/mol. The zero-order valence-corrected chi connectivity index (χ0v) is 14.3. The Bertz CT molecular complexity index is 890. The lowest BCUT2D eigenvalue weighted by molar-refractivity contribution is -0.124. The maximum atomic E-state index is 12.1. The molecule has 8 heteroatoms. The molecule has 0 atom stereocenters. The van der Waals surface area contributed by atoms with E-state index in [-0.39, 0.29) is 24.7 Å². The van der Waals surface area contributed by atoms with Gasteiger partial charge in [-0.05, 0) is 37.1 Å². The second-order valence-electron chi connectivity index (χ2n) is 5.72. The van der Waals surface area contributed by atoms with Crippen LogP contribution in [0.25, 0.3) is 0 Å². The zero-order chi connectivity index (χ0) is 18.7. The molecule has 0 unspecified atom stereocenters. The summed E-state index contributed by atoms with van der Waals surface area (Å²) in [5.74, 6) is 0.264. The van der Waals surface area contributed by atoms with Crippen LogP contribution in [-0.2, 0) is 16.1 Å². The molecule has 8 nitrogen and oxygen atoms in total. The number of hydrogen-bond donors (Lipinski definition) is 1. The maximum absolute atomic E-state index is 12.1. The number of amides is 1. The number of nitrogens with one attached hydrogen (secondary N) is 1. The van der Waals surface area contributed by atoms with Crippen molar-refractivity contribution in [3.05, 3.63) is 57.1 Å². The Kier molecular flexibility index (Phi) is 4.92. The van der Waals surface area contributed by atoms with Crippen LogP contribution in [0.1, 0.15) is 27.2 Å². The molecule has 2 heterocycles. The topological polar surface area (TPSA) is 104 Å². The molecule has 1 N–H and O–H groups in total. The normalized spacial score (nSPS) is 11.9. The first kappa shape index (κ1) is 17.5. The summed E-state index contributed by atoms with van der Waals surface area (Å²) in [4.78, 5) is 35.2. The summed E-state index contributed by atoms with van der Waals surface area (Å²) in [5, 5.41) is 2.65. The van der Waals surface area contributed by atoms with Crippen LogP contribution in [0.3, 0.4) is 0 Å². The zero-order valence-electron chi connectivity index (χ0n) is 14.3. The van der Waals surface area contributed by atoms with Gasteiger partial charge in [-0.15, -0.1) is 0 Å². The summed E-state index contributed by atoms with van der Waals surface area (Å²) >= 11 is 0. The number of esters is 1. The Morgan fingerprint density at radius 2 is 1.92 bits per heavy atom. The first-order chi connectivity index (χ1) is 12.4. The number of benzene rings is 1. The smallest absolute Gasteiger partial charge is 0.342 e. The second-order valence-corrected chi connectivity index (χ2v) is 5.72. The fraction of sp³-hybridized carbons (Fsp3) is 0.278. The van der Waals surface area contributed by atoms with Gasteiger partial charge in [-0.25, -0.2) is 9.59 Å². The number of carbonyl (C=O) groups excluding carboxylic acids is 2. The molecular formula is C18H17NO7. The highest BCUT2D eigenvalue weighted by Gasteiger charge is 2.18. The van der Waals surface area contributed by atoms with Gasteiger partial charge in [0.2, 0.25) is 6.79 Å². The molecule has 1 aromatic heterocycles. The highest BCUT2D eigenvalue weighted by atomic mass is 16.7. The van der Waals surface area contributed by atoms with Gasteiger partial charge in [-0.3, -0.25) is 4.79 Å². The summed E-state index contributed by atoms with van der Waals surface area (Å²) < 4.78 is 20.4. The number of rotatable bonds is 5. The third-order valence-electron chi connectivity index (χ3n) is 3.80. The van der Waals surface area contributed by atoms with Gasteiger partial charge in [0, 0.05) is 12.6 Å².